The third kappa shape index (κ3) is 3.77. The lowest BCUT2D eigenvalue weighted by Crippen LogP contribution is -2.34. The van der Waals surface area contributed by atoms with E-state index in [2.05, 4.69) is 10.2 Å². The average Bonchev–Trinajstić information content (AvgIpc) is 3.28. The number of rotatable bonds is 5. The summed E-state index contributed by atoms with van der Waals surface area (Å²) in [5.41, 5.74) is 2.23. The Morgan fingerprint density at radius 1 is 1.07 bits per heavy atom. The van der Waals surface area contributed by atoms with Gasteiger partial charge >= 0.3 is 0 Å². The van der Waals surface area contributed by atoms with Crippen molar-refractivity contribution in [2.45, 2.75) is 17.9 Å². The highest BCUT2D eigenvalue weighted by atomic mass is 35.5. The third-order valence-electron chi connectivity index (χ3n) is 5.41. The second-order valence-corrected chi connectivity index (χ2v) is 8.40. The zero-order valence-corrected chi connectivity index (χ0v) is 18.3. The minimum atomic E-state index is -0.935. The van der Waals surface area contributed by atoms with E-state index in [1.54, 1.807) is 31.5 Å². The van der Waals surface area contributed by atoms with Crippen LogP contribution in [0, 0.1) is 0 Å². The molecule has 0 radical (unpaired) electrons. The van der Waals surface area contributed by atoms with Crippen LogP contribution in [0.15, 0.2) is 72.6 Å². The summed E-state index contributed by atoms with van der Waals surface area (Å²) in [6.45, 7) is 0. The van der Waals surface area contributed by atoms with Crippen molar-refractivity contribution in [3.05, 3.63) is 105 Å². The van der Waals surface area contributed by atoms with Crippen LogP contribution in [0.25, 0.3) is 5.57 Å². The zero-order chi connectivity index (χ0) is 21.3. The van der Waals surface area contributed by atoms with Crippen LogP contribution in [0.5, 0.6) is 0 Å². The number of aliphatic hydroxyl groups is 1. The molecule has 1 aromatic heterocycles. The van der Waals surface area contributed by atoms with Crippen LogP contribution >= 0.6 is 34.8 Å². The van der Waals surface area contributed by atoms with Crippen LogP contribution in [0.4, 0.5) is 0 Å². The van der Waals surface area contributed by atoms with Gasteiger partial charge in [-0.15, -0.1) is 0 Å². The van der Waals surface area contributed by atoms with Crippen molar-refractivity contribution in [3.63, 3.8) is 0 Å². The van der Waals surface area contributed by atoms with Crippen molar-refractivity contribution >= 4 is 40.4 Å². The lowest BCUT2D eigenvalue weighted by molar-refractivity contribution is 0.101. The molecule has 0 fully saturated rings. The first kappa shape index (κ1) is 21.0. The minimum Gasteiger partial charge on any atom is -0.496 e. The van der Waals surface area contributed by atoms with E-state index >= 15 is 0 Å². The van der Waals surface area contributed by atoms with Crippen LogP contribution in [0.2, 0.25) is 15.1 Å². The summed E-state index contributed by atoms with van der Waals surface area (Å²) in [7, 11) is 1.63. The zero-order valence-electron chi connectivity index (χ0n) is 16.1. The van der Waals surface area contributed by atoms with Crippen LogP contribution in [0.3, 0.4) is 0 Å². The van der Waals surface area contributed by atoms with Gasteiger partial charge in [-0.3, -0.25) is 5.10 Å². The number of nitrogens with one attached hydrogen (secondary N) is 1. The van der Waals surface area contributed by atoms with E-state index in [1.165, 1.54) is 0 Å². The molecular formula is C23H19Cl3N2O2. The normalized spacial score (nSPS) is 19.8. The summed E-state index contributed by atoms with van der Waals surface area (Å²) in [6.07, 6.45) is 5.12. The minimum absolute atomic E-state index is 0.467. The largest absolute Gasteiger partial charge is 0.496 e. The molecule has 7 heteroatoms. The van der Waals surface area contributed by atoms with E-state index in [-0.39, 0.29) is 0 Å². The molecule has 4 rings (SSSR count). The number of allylic oxidation sites excluding steroid dienone is 2. The number of hydrogen-bond donors (Lipinski definition) is 2. The van der Waals surface area contributed by atoms with E-state index in [4.69, 9.17) is 39.5 Å². The number of ether oxygens (including phenoxy) is 1. The molecule has 0 spiro atoms. The molecule has 1 aliphatic rings. The maximum absolute atomic E-state index is 11.5. The van der Waals surface area contributed by atoms with Crippen LogP contribution < -0.4 is 0 Å². The van der Waals surface area contributed by atoms with Gasteiger partial charge in [-0.25, -0.2) is 0 Å². The first-order valence-corrected chi connectivity index (χ1v) is 10.4. The summed E-state index contributed by atoms with van der Waals surface area (Å²) < 4.78 is 5.64. The summed E-state index contributed by atoms with van der Waals surface area (Å²) in [6, 6.07) is 14.5. The second-order valence-electron chi connectivity index (χ2n) is 7.12. The van der Waals surface area contributed by atoms with Gasteiger partial charge < -0.3 is 9.84 Å². The van der Waals surface area contributed by atoms with Gasteiger partial charge in [0.1, 0.15) is 11.9 Å². The number of nitrogens with zero attached hydrogens (tertiary/aromatic N) is 1. The standard InChI is InChI=1S/C23H19Cl3N2O2/c1-30-21-8-10-23(22(29)20-9-11-27-28-20,18-7-6-16(25)12-19(18)26)13-17(21)14-2-4-15(24)5-3-14/h2-9,11-13,22,29H,10H2,1H3,(H,27,28). The van der Waals surface area contributed by atoms with Crippen LogP contribution in [-0.2, 0) is 10.2 Å². The van der Waals surface area contributed by atoms with Crippen molar-refractivity contribution in [1.82, 2.24) is 10.2 Å². The number of H-pyrrole nitrogens is 1. The predicted molar refractivity (Wildman–Crippen MR) is 121 cm³/mol. The average molecular weight is 462 g/mol. The number of halogens is 3. The second kappa shape index (κ2) is 8.48. The predicted octanol–water partition coefficient (Wildman–Crippen LogP) is 6.36. The van der Waals surface area contributed by atoms with E-state index in [1.807, 2.05) is 42.5 Å². The fraction of sp³-hybridized carbons (Fsp3) is 0.174. The molecule has 2 atom stereocenters. The Kier molecular flexibility index (Phi) is 5.94. The third-order valence-corrected chi connectivity index (χ3v) is 6.20. The highest BCUT2D eigenvalue weighted by molar-refractivity contribution is 6.35. The Morgan fingerprint density at radius 2 is 1.80 bits per heavy atom. The number of aliphatic hydroxyl groups excluding tert-OH is 1. The maximum atomic E-state index is 11.5. The Bertz CT molecular complexity index is 1110. The number of hydrogen-bond acceptors (Lipinski definition) is 3. The van der Waals surface area contributed by atoms with E-state index in [0.717, 1.165) is 22.5 Å². The molecular weight excluding hydrogens is 443 g/mol. The summed E-state index contributed by atoms with van der Waals surface area (Å²) in [5, 5.41) is 20.0. The van der Waals surface area contributed by atoms with Gasteiger partial charge in [0.15, 0.2) is 0 Å². The first-order chi connectivity index (χ1) is 14.4. The van der Waals surface area contributed by atoms with Gasteiger partial charge in [-0.2, -0.15) is 5.10 Å². The van der Waals surface area contributed by atoms with Gasteiger partial charge in [0.05, 0.1) is 18.2 Å². The molecule has 0 saturated heterocycles. The lowest BCUT2D eigenvalue weighted by atomic mass is 9.68. The lowest BCUT2D eigenvalue weighted by Gasteiger charge is -2.39. The number of aromatic nitrogens is 2. The topological polar surface area (TPSA) is 58.1 Å². The van der Waals surface area contributed by atoms with Gasteiger partial charge in [-0.1, -0.05) is 59.1 Å². The molecule has 3 aromatic rings. The van der Waals surface area contributed by atoms with Crippen LogP contribution in [0.1, 0.15) is 29.3 Å². The van der Waals surface area contributed by atoms with Crippen LogP contribution in [-0.4, -0.2) is 22.4 Å². The highest BCUT2D eigenvalue weighted by Crippen LogP contribution is 2.49. The SMILES string of the molecule is COC1=CCC(c2ccc(Cl)cc2Cl)(C(O)c2ccn[nH]2)C=C1c1ccc(Cl)cc1. The highest BCUT2D eigenvalue weighted by Gasteiger charge is 2.43. The molecule has 2 aromatic carbocycles. The quantitative estimate of drug-likeness (QED) is 0.465. The van der Waals surface area contributed by atoms with Crippen molar-refractivity contribution in [2.75, 3.05) is 7.11 Å². The van der Waals surface area contributed by atoms with E-state index in [0.29, 0.717) is 27.2 Å². The molecule has 4 nitrogen and oxygen atoms in total. The molecule has 154 valence electrons. The number of aromatic amines is 1. The van der Waals surface area contributed by atoms with E-state index < -0.39 is 11.5 Å². The van der Waals surface area contributed by atoms with Crippen molar-refractivity contribution < 1.29 is 9.84 Å². The fourth-order valence-corrected chi connectivity index (χ4v) is 4.61. The fourth-order valence-electron chi connectivity index (χ4n) is 3.90. The van der Waals surface area contributed by atoms with E-state index in [9.17, 15) is 5.11 Å². The molecule has 30 heavy (non-hydrogen) atoms. The Hall–Kier alpha value is -2.24. The molecule has 2 N–H and O–H groups in total. The molecule has 0 saturated carbocycles. The van der Waals surface area contributed by atoms with Crippen molar-refractivity contribution in [1.29, 1.82) is 0 Å². The Labute approximate surface area is 189 Å². The summed E-state index contributed by atoms with van der Waals surface area (Å²) >= 11 is 18.8. The van der Waals surface area contributed by atoms with Crippen molar-refractivity contribution in [2.24, 2.45) is 0 Å². The summed E-state index contributed by atoms with van der Waals surface area (Å²) in [4.78, 5) is 0. The Balaban J connectivity index is 1.95. The first-order valence-electron chi connectivity index (χ1n) is 9.31. The molecule has 1 aliphatic carbocycles. The molecule has 0 amide bonds. The smallest absolute Gasteiger partial charge is 0.122 e. The maximum Gasteiger partial charge on any atom is 0.122 e. The molecule has 0 aliphatic heterocycles. The molecule has 1 heterocycles. The summed E-state index contributed by atoms with van der Waals surface area (Å²) in [5.74, 6) is 0.717. The monoisotopic (exact) mass is 460 g/mol. The number of benzene rings is 2. The van der Waals surface area contributed by atoms with Crippen molar-refractivity contribution in [3.8, 4) is 0 Å². The Morgan fingerprint density at radius 3 is 2.43 bits per heavy atom. The molecule has 2 unspecified atom stereocenters. The van der Waals surface area contributed by atoms with Gasteiger partial charge in [0, 0.05) is 26.8 Å². The molecule has 0 bridgehead atoms. The van der Waals surface area contributed by atoms with Gasteiger partial charge in [0.25, 0.3) is 0 Å². The van der Waals surface area contributed by atoms with Gasteiger partial charge in [0.2, 0.25) is 0 Å². The van der Waals surface area contributed by atoms with Gasteiger partial charge in [-0.05, 0) is 54.0 Å². The number of methoxy groups -OCH3 is 1.